The fourth-order valence-corrected chi connectivity index (χ4v) is 6.80. The molecule has 194 valence electrons. The number of carboxylic acid groups (broad SMARTS) is 2. The van der Waals surface area contributed by atoms with Crippen molar-refractivity contribution >= 4 is 33.1 Å². The number of rotatable bonds is 14. The van der Waals surface area contributed by atoms with E-state index in [-0.39, 0.29) is 33.0 Å². The predicted octanol–water partition coefficient (Wildman–Crippen LogP) is 7.67. The van der Waals surface area contributed by atoms with E-state index in [1.807, 2.05) is 13.8 Å². The minimum absolute atomic E-state index is 0.111. The van der Waals surface area contributed by atoms with Crippen LogP contribution in [0.3, 0.4) is 0 Å². The molecule has 0 aliphatic rings. The summed E-state index contributed by atoms with van der Waals surface area (Å²) in [5.74, 6) is -1.51. The number of unbranched alkanes of at least 4 members (excludes halogenated alkanes) is 2. The van der Waals surface area contributed by atoms with Crippen LogP contribution in [0.15, 0.2) is 60.7 Å². The van der Waals surface area contributed by atoms with Crippen LogP contribution in [0, 0.1) is 11.8 Å². The molecule has 5 heteroatoms. The van der Waals surface area contributed by atoms with E-state index in [4.69, 9.17) is 10.2 Å². The van der Waals surface area contributed by atoms with Gasteiger partial charge in [0.25, 0.3) is 0 Å². The third kappa shape index (κ3) is 18.2. The Bertz CT molecular complexity index is 699. The Labute approximate surface area is 223 Å². The van der Waals surface area contributed by atoms with Crippen molar-refractivity contribution in [3.63, 3.8) is 0 Å². The van der Waals surface area contributed by atoms with Gasteiger partial charge in [0.1, 0.15) is 0 Å². The average Bonchev–Trinajstić information content (AvgIpc) is 2.87. The van der Waals surface area contributed by atoms with Crippen LogP contribution >= 0.6 is 0 Å². The molecule has 35 heavy (non-hydrogen) atoms. The first-order valence-electron chi connectivity index (χ1n) is 13.1. The van der Waals surface area contributed by atoms with E-state index >= 15 is 0 Å². The van der Waals surface area contributed by atoms with Crippen molar-refractivity contribution in [2.75, 3.05) is 0 Å². The second kappa shape index (κ2) is 22.6. The van der Waals surface area contributed by atoms with Crippen LogP contribution in [0.25, 0.3) is 0 Å². The SMILES string of the molecule is CCCCC(CC)C(=O)O.CCCCC(CC)C(=O)O.c1ccc([CH2][Sn][CH2]c2ccccc2)cc1. The van der Waals surface area contributed by atoms with Gasteiger partial charge in [-0.3, -0.25) is 9.59 Å². The third-order valence-electron chi connectivity index (χ3n) is 5.84. The molecule has 2 N–H and O–H groups in total. The van der Waals surface area contributed by atoms with Crippen LogP contribution in [0.2, 0.25) is 0 Å². The quantitative estimate of drug-likeness (QED) is 0.222. The molecule has 2 aromatic rings. The number of aliphatic carboxylic acids is 2. The van der Waals surface area contributed by atoms with Gasteiger partial charge in [-0.2, -0.15) is 0 Å². The number of carbonyl (C=O) groups is 2. The zero-order valence-corrected chi connectivity index (χ0v) is 25.1. The summed E-state index contributed by atoms with van der Waals surface area (Å²) in [5, 5.41) is 17.2. The van der Waals surface area contributed by atoms with Gasteiger partial charge in [-0.1, -0.05) is 53.4 Å². The fraction of sp³-hybridized carbons (Fsp3) is 0.533. The summed E-state index contributed by atoms with van der Waals surface area (Å²) in [7, 11) is 0. The monoisotopic (exact) mass is 590 g/mol. The van der Waals surface area contributed by atoms with Crippen molar-refractivity contribution in [3.8, 4) is 0 Å². The van der Waals surface area contributed by atoms with Gasteiger partial charge < -0.3 is 10.2 Å². The molecule has 0 fully saturated rings. The van der Waals surface area contributed by atoms with E-state index in [0.29, 0.717) is 0 Å². The molecule has 0 spiro atoms. The van der Waals surface area contributed by atoms with E-state index in [1.165, 1.54) is 20.0 Å². The molecule has 4 nitrogen and oxygen atoms in total. The minimum atomic E-state index is -0.643. The van der Waals surface area contributed by atoms with Crippen molar-refractivity contribution in [1.29, 1.82) is 0 Å². The van der Waals surface area contributed by atoms with Crippen molar-refractivity contribution in [3.05, 3.63) is 71.8 Å². The van der Waals surface area contributed by atoms with Crippen LogP contribution in [0.4, 0.5) is 0 Å². The average molecular weight is 589 g/mol. The predicted molar refractivity (Wildman–Crippen MR) is 148 cm³/mol. The summed E-state index contributed by atoms with van der Waals surface area (Å²) in [5.41, 5.74) is 3.03. The van der Waals surface area contributed by atoms with Gasteiger partial charge in [0.2, 0.25) is 0 Å². The Balaban J connectivity index is 0.000000517. The number of benzene rings is 2. The first kappa shape index (κ1) is 33.2. The first-order valence-corrected chi connectivity index (χ1v) is 17.2. The standard InChI is InChI=1S/2C8H16O2.2C7H7.Sn/c2*1-3-5-6-7(4-2)8(9)10;2*1-7-5-3-2-4-6-7;/h2*7H,3-6H2,1-2H3,(H,9,10);2*2-6H,1H2;. The fourth-order valence-electron chi connectivity index (χ4n) is 3.45. The van der Waals surface area contributed by atoms with E-state index in [2.05, 4.69) is 74.5 Å². The molecule has 2 radical (unpaired) electrons. The summed E-state index contributed by atoms with van der Waals surface area (Å²) in [4.78, 5) is 20.9. The van der Waals surface area contributed by atoms with Crippen LogP contribution in [-0.4, -0.2) is 43.3 Å². The molecular formula is C30H46O4Sn. The van der Waals surface area contributed by atoms with E-state index in [0.717, 1.165) is 51.4 Å². The van der Waals surface area contributed by atoms with Gasteiger partial charge in [-0.05, 0) is 25.7 Å². The molecule has 0 heterocycles. The molecule has 0 saturated carbocycles. The second-order valence-corrected chi connectivity index (χ2v) is 12.2. The van der Waals surface area contributed by atoms with Gasteiger partial charge in [-0.25, -0.2) is 0 Å². The molecule has 2 aromatic carbocycles. The van der Waals surface area contributed by atoms with Crippen LogP contribution in [0.1, 0.15) is 90.2 Å². The van der Waals surface area contributed by atoms with Gasteiger partial charge in [-0.15, -0.1) is 0 Å². The Kier molecular flexibility index (Phi) is 21.5. The molecule has 0 bridgehead atoms. The number of carboxylic acids is 2. The molecule has 0 aliphatic heterocycles. The number of hydrogen-bond donors (Lipinski definition) is 2. The van der Waals surface area contributed by atoms with Gasteiger partial charge >= 0.3 is 114 Å². The van der Waals surface area contributed by atoms with E-state index in [1.54, 1.807) is 0 Å². The topological polar surface area (TPSA) is 74.6 Å². The Hall–Kier alpha value is -1.82. The molecule has 2 rings (SSSR count). The Morgan fingerprint density at radius 2 is 1.00 bits per heavy atom. The zero-order valence-electron chi connectivity index (χ0n) is 22.2. The van der Waals surface area contributed by atoms with Crippen molar-refractivity contribution < 1.29 is 19.8 Å². The van der Waals surface area contributed by atoms with E-state index < -0.39 is 11.9 Å². The summed E-state index contributed by atoms with van der Waals surface area (Å²) >= 11 is -0.258. The Morgan fingerprint density at radius 3 is 1.26 bits per heavy atom. The molecule has 2 atom stereocenters. The summed E-state index contributed by atoms with van der Waals surface area (Å²) in [6.45, 7) is 8.01. The van der Waals surface area contributed by atoms with Crippen LogP contribution in [-0.2, 0) is 18.5 Å². The normalized spacial score (nSPS) is 11.8. The molecule has 0 amide bonds. The number of hydrogen-bond acceptors (Lipinski definition) is 2. The molecular weight excluding hydrogens is 543 g/mol. The summed E-state index contributed by atoms with van der Waals surface area (Å²) in [6.07, 6.45) is 7.43. The van der Waals surface area contributed by atoms with Gasteiger partial charge in [0, 0.05) is 0 Å². The molecule has 0 aliphatic carbocycles. The molecule has 0 aromatic heterocycles. The van der Waals surface area contributed by atoms with Gasteiger partial charge in [0.15, 0.2) is 0 Å². The van der Waals surface area contributed by atoms with Gasteiger partial charge in [0.05, 0.1) is 11.8 Å². The summed E-state index contributed by atoms with van der Waals surface area (Å²) in [6, 6.07) is 21.7. The third-order valence-corrected chi connectivity index (χ3v) is 9.60. The molecule has 2 unspecified atom stereocenters. The zero-order chi connectivity index (χ0) is 26.3. The van der Waals surface area contributed by atoms with Crippen molar-refractivity contribution in [2.45, 2.75) is 87.9 Å². The van der Waals surface area contributed by atoms with Crippen molar-refractivity contribution in [1.82, 2.24) is 0 Å². The van der Waals surface area contributed by atoms with E-state index in [9.17, 15) is 9.59 Å². The van der Waals surface area contributed by atoms with Crippen LogP contribution in [0.5, 0.6) is 0 Å². The first-order chi connectivity index (χ1) is 16.9. The molecule has 0 saturated heterocycles. The maximum absolute atomic E-state index is 10.4. The van der Waals surface area contributed by atoms with Crippen LogP contribution < -0.4 is 0 Å². The summed E-state index contributed by atoms with van der Waals surface area (Å²) < 4.78 is 2.69. The van der Waals surface area contributed by atoms with Crippen molar-refractivity contribution in [2.24, 2.45) is 11.8 Å². The Morgan fingerprint density at radius 1 is 0.657 bits per heavy atom. The second-order valence-electron chi connectivity index (χ2n) is 8.75. The maximum atomic E-state index is 10.4.